The summed E-state index contributed by atoms with van der Waals surface area (Å²) in [6.45, 7) is 5.32. The third-order valence-corrected chi connectivity index (χ3v) is 6.66. The molecule has 2 amide bonds. The number of hydrogen-bond donors (Lipinski definition) is 1. The normalized spacial score (nSPS) is 15.0. The molecule has 1 aliphatic heterocycles. The number of benzene rings is 2. The molecule has 0 bridgehead atoms. The minimum Gasteiger partial charge on any atom is -0.486 e. The molecular formula is C26H28FN3O3S. The summed E-state index contributed by atoms with van der Waals surface area (Å²) in [6, 6.07) is 11.9. The van der Waals surface area contributed by atoms with Crippen molar-refractivity contribution in [3.63, 3.8) is 0 Å². The predicted molar refractivity (Wildman–Crippen MR) is 129 cm³/mol. The Morgan fingerprint density at radius 3 is 2.74 bits per heavy atom. The van der Waals surface area contributed by atoms with E-state index in [2.05, 4.69) is 10.3 Å². The van der Waals surface area contributed by atoms with E-state index in [0.717, 1.165) is 29.5 Å². The average molecular weight is 482 g/mol. The van der Waals surface area contributed by atoms with Gasteiger partial charge >= 0.3 is 0 Å². The van der Waals surface area contributed by atoms with Gasteiger partial charge in [0, 0.05) is 24.9 Å². The van der Waals surface area contributed by atoms with E-state index < -0.39 is 0 Å². The first-order chi connectivity index (χ1) is 16.5. The molecule has 4 rings (SSSR count). The summed E-state index contributed by atoms with van der Waals surface area (Å²) in [5, 5.41) is 5.26. The standard InChI is InChI=1S/C26H28FN3O3S/c1-3-12-28-26(32)22-16-34-23(29-22)15-33-20-10-7-17-11-13-30(24(31)4-2)25(21(17)14-20)18-5-8-19(27)9-6-18/h5-10,14,16,25H,3-4,11-13,15H2,1-2H3,(H,28,32)/t25-/m1/s1. The van der Waals surface area contributed by atoms with Crippen LogP contribution in [-0.4, -0.2) is 34.8 Å². The molecule has 2 aromatic carbocycles. The van der Waals surface area contributed by atoms with Gasteiger partial charge in [0.2, 0.25) is 5.91 Å². The number of nitrogens with zero attached hydrogens (tertiary/aromatic N) is 2. The number of amides is 2. The summed E-state index contributed by atoms with van der Waals surface area (Å²) in [5.41, 5.74) is 3.39. The molecule has 34 heavy (non-hydrogen) atoms. The van der Waals surface area contributed by atoms with Crippen molar-refractivity contribution in [2.75, 3.05) is 13.1 Å². The van der Waals surface area contributed by atoms with E-state index in [1.165, 1.54) is 23.5 Å². The number of aromatic nitrogens is 1. The molecule has 8 heteroatoms. The lowest BCUT2D eigenvalue weighted by molar-refractivity contribution is -0.132. The van der Waals surface area contributed by atoms with E-state index in [-0.39, 0.29) is 30.3 Å². The molecule has 1 N–H and O–H groups in total. The maximum Gasteiger partial charge on any atom is 0.270 e. The van der Waals surface area contributed by atoms with E-state index in [1.54, 1.807) is 17.5 Å². The van der Waals surface area contributed by atoms with Crippen LogP contribution in [-0.2, 0) is 17.8 Å². The smallest absolute Gasteiger partial charge is 0.270 e. The highest BCUT2D eigenvalue weighted by atomic mass is 32.1. The molecule has 1 aromatic heterocycles. The molecule has 0 unspecified atom stereocenters. The molecule has 1 aliphatic rings. The Bertz CT molecular complexity index is 1160. The number of hydrogen-bond acceptors (Lipinski definition) is 5. The van der Waals surface area contributed by atoms with Gasteiger partial charge in [-0.1, -0.05) is 32.0 Å². The fourth-order valence-electron chi connectivity index (χ4n) is 4.11. The third kappa shape index (κ3) is 5.28. The van der Waals surface area contributed by atoms with Crippen LogP contribution in [0, 0.1) is 5.82 Å². The van der Waals surface area contributed by atoms with Gasteiger partial charge in [0.1, 0.15) is 28.9 Å². The Balaban J connectivity index is 1.56. The first-order valence-corrected chi connectivity index (χ1v) is 12.4. The number of rotatable bonds is 8. The zero-order valence-electron chi connectivity index (χ0n) is 19.3. The van der Waals surface area contributed by atoms with Crippen LogP contribution in [0.1, 0.15) is 64.9 Å². The van der Waals surface area contributed by atoms with E-state index in [1.807, 2.05) is 36.9 Å². The van der Waals surface area contributed by atoms with Crippen molar-refractivity contribution in [3.8, 4) is 5.75 Å². The summed E-state index contributed by atoms with van der Waals surface area (Å²) in [6.07, 6.45) is 2.02. The Morgan fingerprint density at radius 2 is 2.00 bits per heavy atom. The van der Waals surface area contributed by atoms with Gasteiger partial charge in [-0.15, -0.1) is 11.3 Å². The molecule has 6 nitrogen and oxygen atoms in total. The molecule has 0 saturated carbocycles. The highest BCUT2D eigenvalue weighted by Crippen LogP contribution is 2.37. The Kier molecular flexibility index (Phi) is 7.57. The van der Waals surface area contributed by atoms with Crippen LogP contribution in [0.4, 0.5) is 4.39 Å². The second-order valence-electron chi connectivity index (χ2n) is 8.18. The lowest BCUT2D eigenvalue weighted by atomic mass is 9.87. The molecule has 0 fully saturated rings. The van der Waals surface area contributed by atoms with Gasteiger partial charge in [-0.05, 0) is 53.8 Å². The van der Waals surface area contributed by atoms with Gasteiger partial charge in [-0.2, -0.15) is 0 Å². The maximum absolute atomic E-state index is 13.6. The number of halogens is 1. The minimum atomic E-state index is -0.309. The summed E-state index contributed by atoms with van der Waals surface area (Å²) >= 11 is 1.38. The fourth-order valence-corrected chi connectivity index (χ4v) is 4.80. The Labute approximate surface area is 202 Å². The summed E-state index contributed by atoms with van der Waals surface area (Å²) in [4.78, 5) is 31.1. The molecule has 178 valence electrons. The Hall–Kier alpha value is -3.26. The summed E-state index contributed by atoms with van der Waals surface area (Å²) in [7, 11) is 0. The minimum absolute atomic E-state index is 0.0583. The van der Waals surface area contributed by atoms with Gasteiger partial charge < -0.3 is 15.0 Å². The first-order valence-electron chi connectivity index (χ1n) is 11.5. The van der Waals surface area contributed by atoms with Gasteiger partial charge in [0.05, 0.1) is 6.04 Å². The third-order valence-electron chi connectivity index (χ3n) is 5.84. The zero-order valence-corrected chi connectivity index (χ0v) is 20.2. The molecule has 3 aromatic rings. The molecule has 2 heterocycles. The van der Waals surface area contributed by atoms with Crippen LogP contribution in [0.15, 0.2) is 47.8 Å². The molecular weight excluding hydrogens is 453 g/mol. The van der Waals surface area contributed by atoms with Crippen LogP contribution in [0.25, 0.3) is 0 Å². The second-order valence-corrected chi connectivity index (χ2v) is 9.12. The molecule has 1 atom stereocenters. The number of thiazole rings is 1. The van der Waals surface area contributed by atoms with Crippen molar-refractivity contribution < 1.29 is 18.7 Å². The van der Waals surface area contributed by atoms with Crippen LogP contribution in [0.2, 0.25) is 0 Å². The fraction of sp³-hybridized carbons (Fsp3) is 0.346. The van der Waals surface area contributed by atoms with Gasteiger partial charge in [0.25, 0.3) is 5.91 Å². The van der Waals surface area contributed by atoms with Crippen LogP contribution in [0.3, 0.4) is 0 Å². The Morgan fingerprint density at radius 1 is 1.21 bits per heavy atom. The van der Waals surface area contributed by atoms with Crippen molar-refractivity contribution in [1.29, 1.82) is 0 Å². The van der Waals surface area contributed by atoms with E-state index >= 15 is 0 Å². The largest absolute Gasteiger partial charge is 0.486 e. The van der Waals surface area contributed by atoms with Crippen molar-refractivity contribution >= 4 is 23.2 Å². The molecule has 0 saturated heterocycles. The lowest BCUT2D eigenvalue weighted by Gasteiger charge is -2.38. The number of fused-ring (bicyclic) bond motifs is 1. The molecule has 0 radical (unpaired) electrons. The van der Waals surface area contributed by atoms with Crippen LogP contribution < -0.4 is 10.1 Å². The predicted octanol–water partition coefficient (Wildman–Crippen LogP) is 4.89. The van der Waals surface area contributed by atoms with Gasteiger partial charge in [0.15, 0.2) is 0 Å². The number of ether oxygens (including phenoxy) is 1. The molecule has 0 aliphatic carbocycles. The van der Waals surface area contributed by atoms with Crippen molar-refractivity contribution in [3.05, 3.63) is 81.1 Å². The number of nitrogens with one attached hydrogen (secondary N) is 1. The first kappa shape index (κ1) is 23.9. The molecule has 0 spiro atoms. The quantitative estimate of drug-likeness (QED) is 0.498. The highest BCUT2D eigenvalue weighted by molar-refractivity contribution is 7.09. The summed E-state index contributed by atoms with van der Waals surface area (Å²) < 4.78 is 19.6. The monoisotopic (exact) mass is 481 g/mol. The van der Waals surface area contributed by atoms with Crippen LogP contribution in [0.5, 0.6) is 5.75 Å². The van der Waals surface area contributed by atoms with Crippen molar-refractivity contribution in [2.45, 2.75) is 45.8 Å². The van der Waals surface area contributed by atoms with Crippen LogP contribution >= 0.6 is 11.3 Å². The van der Waals surface area contributed by atoms with Gasteiger partial charge in [-0.3, -0.25) is 9.59 Å². The van der Waals surface area contributed by atoms with E-state index in [4.69, 9.17) is 4.74 Å². The number of carbonyl (C=O) groups excluding carboxylic acids is 2. The average Bonchev–Trinajstić information content (AvgIpc) is 3.34. The topological polar surface area (TPSA) is 71.5 Å². The van der Waals surface area contributed by atoms with Crippen molar-refractivity contribution in [2.24, 2.45) is 0 Å². The maximum atomic E-state index is 13.6. The van der Waals surface area contributed by atoms with E-state index in [9.17, 15) is 14.0 Å². The highest BCUT2D eigenvalue weighted by Gasteiger charge is 2.31. The second kappa shape index (κ2) is 10.8. The summed E-state index contributed by atoms with van der Waals surface area (Å²) in [5.74, 6) is 0.226. The van der Waals surface area contributed by atoms with E-state index in [0.29, 0.717) is 36.0 Å². The zero-order chi connectivity index (χ0) is 24.1. The van der Waals surface area contributed by atoms with Crippen molar-refractivity contribution in [1.82, 2.24) is 15.2 Å². The lowest BCUT2D eigenvalue weighted by Crippen LogP contribution is -2.40. The van der Waals surface area contributed by atoms with Gasteiger partial charge in [-0.25, -0.2) is 9.37 Å². The SMILES string of the molecule is CCCNC(=O)c1csc(COc2ccc3c(c2)[C@@H](c2ccc(F)cc2)N(C(=O)CC)CC3)n1. The number of carbonyl (C=O) groups is 2.